The normalized spacial score (nSPS) is 19.3. The van der Waals surface area contributed by atoms with E-state index in [1.807, 2.05) is 36.4 Å². The average Bonchev–Trinajstić information content (AvgIpc) is 3.20. The molecule has 0 aliphatic carbocycles. The van der Waals surface area contributed by atoms with Crippen LogP contribution < -0.4 is 16.4 Å². The average molecular weight is 747 g/mol. The summed E-state index contributed by atoms with van der Waals surface area (Å²) >= 11 is 0. The number of nitrogens with zero attached hydrogens (tertiary/aromatic N) is 1. The second-order valence-corrected chi connectivity index (χ2v) is 15.1. The molecule has 2 heterocycles. The summed E-state index contributed by atoms with van der Waals surface area (Å²) in [5.74, 6) is -0.00822. The van der Waals surface area contributed by atoms with Gasteiger partial charge in [0, 0.05) is 37.9 Å². The minimum Gasteiger partial charge on any atom is -0.397 e. The van der Waals surface area contributed by atoms with E-state index in [2.05, 4.69) is 64.1 Å². The highest BCUT2D eigenvalue weighted by molar-refractivity contribution is 5.93. The summed E-state index contributed by atoms with van der Waals surface area (Å²) in [4.78, 5) is 27.4. The van der Waals surface area contributed by atoms with Crippen LogP contribution >= 0.6 is 0 Å². The minimum absolute atomic E-state index is 0.0250. The molecular formula is C46H58N4O5. The first-order chi connectivity index (χ1) is 26.9. The highest BCUT2D eigenvalue weighted by Crippen LogP contribution is 2.39. The van der Waals surface area contributed by atoms with Gasteiger partial charge in [-0.1, -0.05) is 111 Å². The van der Waals surface area contributed by atoms with Gasteiger partial charge in [-0.15, -0.1) is 0 Å². The van der Waals surface area contributed by atoms with Gasteiger partial charge in [0.25, 0.3) is 0 Å². The molecule has 2 aliphatic heterocycles. The Hall–Kier alpha value is -4.54. The number of para-hydroxylation sites is 2. The lowest BCUT2D eigenvalue weighted by molar-refractivity contribution is -0.253. The number of rotatable bonds is 16. The Morgan fingerprint density at radius 2 is 1.40 bits per heavy atom. The molecule has 2 amide bonds. The zero-order valence-electron chi connectivity index (χ0n) is 32.1. The molecule has 3 unspecified atom stereocenters. The molecule has 3 atom stereocenters. The number of aliphatic hydroxyl groups is 1. The minimum atomic E-state index is -0.481. The number of hydrogen-bond donors (Lipinski definition) is 4. The van der Waals surface area contributed by atoms with Gasteiger partial charge in [0.1, 0.15) is 0 Å². The van der Waals surface area contributed by atoms with Crippen molar-refractivity contribution in [1.82, 2.24) is 10.2 Å². The van der Waals surface area contributed by atoms with Gasteiger partial charge in [0.2, 0.25) is 11.8 Å². The molecule has 5 N–H and O–H groups in total. The Bertz CT molecular complexity index is 1790. The molecule has 0 spiro atoms. The number of nitrogens with two attached hydrogens (primary N) is 1. The number of aliphatic hydroxyl groups excluding tert-OH is 1. The molecule has 2 aliphatic rings. The first-order valence-electron chi connectivity index (χ1n) is 20.3. The summed E-state index contributed by atoms with van der Waals surface area (Å²) in [5, 5.41) is 15.5. The van der Waals surface area contributed by atoms with E-state index in [1.165, 1.54) is 32.1 Å². The highest BCUT2D eigenvalue weighted by atomic mass is 16.7. The zero-order chi connectivity index (χ0) is 38.2. The lowest BCUT2D eigenvalue weighted by Crippen LogP contribution is -2.40. The molecule has 9 nitrogen and oxygen atoms in total. The van der Waals surface area contributed by atoms with Crippen LogP contribution in [0.2, 0.25) is 0 Å². The fourth-order valence-corrected chi connectivity index (χ4v) is 7.55. The molecule has 0 bridgehead atoms. The first-order valence-corrected chi connectivity index (χ1v) is 20.3. The summed E-state index contributed by atoms with van der Waals surface area (Å²) in [7, 11) is 0. The largest absolute Gasteiger partial charge is 0.397 e. The van der Waals surface area contributed by atoms with Gasteiger partial charge in [0.05, 0.1) is 30.2 Å². The molecule has 55 heavy (non-hydrogen) atoms. The van der Waals surface area contributed by atoms with Crippen LogP contribution in [0.1, 0.15) is 112 Å². The number of ether oxygens (including phenoxy) is 2. The number of likely N-dealkylation sites (tertiary alicyclic amines) is 1. The van der Waals surface area contributed by atoms with Crippen LogP contribution in [-0.4, -0.2) is 47.6 Å². The second-order valence-electron chi connectivity index (χ2n) is 15.1. The third kappa shape index (κ3) is 12.5. The summed E-state index contributed by atoms with van der Waals surface area (Å²) in [6, 6.07) is 32.1. The maximum Gasteiger partial charge on any atom is 0.224 e. The van der Waals surface area contributed by atoms with Crippen LogP contribution in [0.15, 0.2) is 97.1 Å². The molecule has 4 aromatic carbocycles. The number of carbonyl (C=O) groups excluding carboxylic acids is 2. The molecule has 4 aromatic rings. The van der Waals surface area contributed by atoms with Gasteiger partial charge in [-0.3, -0.25) is 9.59 Å². The van der Waals surface area contributed by atoms with Crippen LogP contribution in [0, 0.1) is 0 Å². The number of benzene rings is 4. The summed E-state index contributed by atoms with van der Waals surface area (Å²) in [5.41, 5.74) is 13.3. The van der Waals surface area contributed by atoms with Crippen molar-refractivity contribution in [1.29, 1.82) is 0 Å². The SMILES string of the molecule is Nc1ccccc1NC(=O)CCCCCCC(=O)NCc1cccc(-c2ccc(C3OC(CN4CCCCCCC4)CC(c4ccc(CO)cc4)O3)cc2)c1. The van der Waals surface area contributed by atoms with E-state index in [9.17, 15) is 14.7 Å². The number of nitrogen functional groups attached to an aromatic ring is 1. The van der Waals surface area contributed by atoms with Gasteiger partial charge in [-0.25, -0.2) is 0 Å². The Balaban J connectivity index is 0.979. The lowest BCUT2D eigenvalue weighted by atomic mass is 9.98. The van der Waals surface area contributed by atoms with Crippen LogP contribution in [0.25, 0.3) is 11.1 Å². The van der Waals surface area contributed by atoms with Crippen molar-refractivity contribution in [2.24, 2.45) is 0 Å². The second kappa shape index (κ2) is 20.9. The predicted octanol–water partition coefficient (Wildman–Crippen LogP) is 8.84. The highest BCUT2D eigenvalue weighted by Gasteiger charge is 2.33. The molecule has 292 valence electrons. The van der Waals surface area contributed by atoms with Crippen LogP contribution in [0.3, 0.4) is 0 Å². The van der Waals surface area contributed by atoms with E-state index >= 15 is 0 Å². The van der Waals surface area contributed by atoms with Crippen molar-refractivity contribution in [3.63, 3.8) is 0 Å². The number of amides is 2. The number of carbonyl (C=O) groups is 2. The molecule has 0 aromatic heterocycles. The predicted molar refractivity (Wildman–Crippen MR) is 219 cm³/mol. The third-order valence-electron chi connectivity index (χ3n) is 10.8. The fourth-order valence-electron chi connectivity index (χ4n) is 7.55. The number of unbranched alkanes of at least 4 members (excludes halogenated alkanes) is 3. The molecule has 2 saturated heterocycles. The van der Waals surface area contributed by atoms with E-state index < -0.39 is 6.29 Å². The Morgan fingerprint density at radius 1 is 0.709 bits per heavy atom. The molecule has 2 fully saturated rings. The topological polar surface area (TPSA) is 126 Å². The van der Waals surface area contributed by atoms with Gasteiger partial charge >= 0.3 is 0 Å². The maximum atomic E-state index is 12.6. The molecule has 0 radical (unpaired) electrons. The monoisotopic (exact) mass is 746 g/mol. The van der Waals surface area contributed by atoms with Gasteiger partial charge in [-0.2, -0.15) is 0 Å². The van der Waals surface area contributed by atoms with Crippen molar-refractivity contribution in [2.45, 2.75) is 109 Å². The summed E-state index contributed by atoms with van der Waals surface area (Å²) in [6.07, 6.45) is 10.9. The van der Waals surface area contributed by atoms with Crippen LogP contribution in [-0.2, 0) is 32.2 Å². The van der Waals surface area contributed by atoms with Gasteiger partial charge < -0.3 is 35.8 Å². The number of nitrogens with one attached hydrogen (secondary N) is 2. The van der Waals surface area contributed by atoms with Gasteiger partial charge in [0.15, 0.2) is 6.29 Å². The number of anilines is 2. The van der Waals surface area contributed by atoms with Crippen molar-refractivity contribution in [3.8, 4) is 11.1 Å². The van der Waals surface area contributed by atoms with E-state index in [1.54, 1.807) is 12.1 Å². The van der Waals surface area contributed by atoms with Crippen molar-refractivity contribution >= 4 is 23.2 Å². The molecular weight excluding hydrogens is 689 g/mol. The Kier molecular flexibility index (Phi) is 15.3. The van der Waals surface area contributed by atoms with E-state index in [-0.39, 0.29) is 30.6 Å². The smallest absolute Gasteiger partial charge is 0.224 e. The lowest BCUT2D eigenvalue weighted by Gasteiger charge is -2.38. The van der Waals surface area contributed by atoms with Crippen LogP contribution in [0.4, 0.5) is 11.4 Å². The third-order valence-corrected chi connectivity index (χ3v) is 10.8. The molecule has 9 heteroatoms. The van der Waals surface area contributed by atoms with E-state index in [0.717, 1.165) is 85.1 Å². The van der Waals surface area contributed by atoms with Gasteiger partial charge in [-0.05, 0) is 84.8 Å². The molecule has 0 saturated carbocycles. The van der Waals surface area contributed by atoms with E-state index in [4.69, 9.17) is 15.2 Å². The quantitative estimate of drug-likeness (QED) is 0.0667. The zero-order valence-corrected chi connectivity index (χ0v) is 32.1. The van der Waals surface area contributed by atoms with Crippen LogP contribution in [0.5, 0.6) is 0 Å². The van der Waals surface area contributed by atoms with Crippen molar-refractivity contribution in [3.05, 3.63) is 119 Å². The summed E-state index contributed by atoms with van der Waals surface area (Å²) < 4.78 is 13.3. The first kappa shape index (κ1) is 40.1. The maximum absolute atomic E-state index is 12.6. The van der Waals surface area contributed by atoms with Crippen molar-refractivity contribution < 1.29 is 24.2 Å². The number of hydrogen-bond acceptors (Lipinski definition) is 7. The van der Waals surface area contributed by atoms with Crippen molar-refractivity contribution in [2.75, 3.05) is 30.7 Å². The summed E-state index contributed by atoms with van der Waals surface area (Å²) in [6.45, 7) is 3.63. The Labute approximate surface area is 326 Å². The fraction of sp³-hybridized carbons (Fsp3) is 0.435. The molecule has 6 rings (SSSR count). The standard InChI is InChI=1S/C46H58N4O5/c47-41-15-8-9-16-42(41)49-45(53)18-7-3-2-6-17-44(52)48-31-35-13-12-14-39(29-35)36-23-25-38(26-24-36)46-54-40(32-50-27-10-4-1-5-11-28-50)30-43(55-46)37-21-19-34(33-51)20-22-37/h8-9,12-16,19-26,29,40,43,46,51H,1-7,10-11,17-18,27-28,30-33,47H2,(H,48,52)(H,49,53). The van der Waals surface area contributed by atoms with E-state index in [0.29, 0.717) is 30.8 Å². The Morgan fingerprint density at radius 3 is 2.13 bits per heavy atom.